The SMILES string of the molecule is CC(C)NC(=S)N1CCN(S(=O)(=O)Cc2ccccc2)CC1. The van der Waals surface area contributed by atoms with E-state index in [1.54, 1.807) is 4.31 Å². The van der Waals surface area contributed by atoms with Crippen LogP contribution in [-0.4, -0.2) is 55.0 Å². The Labute approximate surface area is 138 Å². The maximum atomic E-state index is 12.5. The maximum absolute atomic E-state index is 12.5. The number of nitrogens with zero attached hydrogens (tertiary/aromatic N) is 2. The molecule has 0 saturated carbocycles. The van der Waals surface area contributed by atoms with Crippen molar-refractivity contribution in [1.29, 1.82) is 0 Å². The molecular weight excluding hydrogens is 318 g/mol. The first-order valence-electron chi connectivity index (χ1n) is 7.45. The second-order valence-corrected chi connectivity index (χ2v) is 8.09. The number of sulfonamides is 1. The van der Waals surface area contributed by atoms with Gasteiger partial charge in [0.05, 0.1) is 5.75 Å². The van der Waals surface area contributed by atoms with Crippen molar-refractivity contribution >= 4 is 27.4 Å². The number of nitrogens with one attached hydrogen (secondary N) is 1. The van der Waals surface area contributed by atoms with Gasteiger partial charge in [-0.3, -0.25) is 0 Å². The topological polar surface area (TPSA) is 52.6 Å². The van der Waals surface area contributed by atoms with Gasteiger partial charge in [-0.15, -0.1) is 0 Å². The van der Waals surface area contributed by atoms with Gasteiger partial charge in [-0.2, -0.15) is 4.31 Å². The van der Waals surface area contributed by atoms with Crippen LogP contribution in [0.25, 0.3) is 0 Å². The minimum Gasteiger partial charge on any atom is -0.360 e. The fourth-order valence-electron chi connectivity index (χ4n) is 2.38. The molecular formula is C15H23N3O2S2. The first kappa shape index (κ1) is 17.2. The van der Waals surface area contributed by atoms with E-state index in [9.17, 15) is 8.42 Å². The summed E-state index contributed by atoms with van der Waals surface area (Å²) in [5, 5.41) is 3.90. The molecule has 122 valence electrons. The Morgan fingerprint density at radius 2 is 1.77 bits per heavy atom. The van der Waals surface area contributed by atoms with Gasteiger partial charge in [-0.25, -0.2) is 8.42 Å². The van der Waals surface area contributed by atoms with Crippen LogP contribution in [0.3, 0.4) is 0 Å². The number of thiocarbonyl (C=S) groups is 1. The second kappa shape index (κ2) is 7.39. The summed E-state index contributed by atoms with van der Waals surface area (Å²) in [4.78, 5) is 2.03. The average molecular weight is 342 g/mol. The average Bonchev–Trinajstić information content (AvgIpc) is 2.47. The molecule has 0 aliphatic carbocycles. The zero-order valence-corrected chi connectivity index (χ0v) is 14.7. The largest absolute Gasteiger partial charge is 0.360 e. The van der Waals surface area contributed by atoms with E-state index in [-0.39, 0.29) is 11.8 Å². The molecule has 5 nitrogen and oxygen atoms in total. The first-order valence-corrected chi connectivity index (χ1v) is 9.47. The molecule has 0 atom stereocenters. The normalized spacial score (nSPS) is 16.8. The lowest BCUT2D eigenvalue weighted by atomic mass is 10.2. The van der Waals surface area contributed by atoms with E-state index >= 15 is 0 Å². The van der Waals surface area contributed by atoms with Crippen LogP contribution < -0.4 is 5.32 Å². The Morgan fingerprint density at radius 1 is 1.18 bits per heavy atom. The molecule has 0 unspecified atom stereocenters. The summed E-state index contributed by atoms with van der Waals surface area (Å²) in [6, 6.07) is 9.58. The maximum Gasteiger partial charge on any atom is 0.218 e. The van der Waals surface area contributed by atoms with Gasteiger partial charge in [0.15, 0.2) is 5.11 Å². The quantitative estimate of drug-likeness (QED) is 0.840. The molecule has 1 aliphatic rings. The van der Waals surface area contributed by atoms with Crippen LogP contribution in [0.4, 0.5) is 0 Å². The van der Waals surface area contributed by atoms with E-state index < -0.39 is 10.0 Å². The summed E-state index contributed by atoms with van der Waals surface area (Å²) in [7, 11) is -3.27. The zero-order chi connectivity index (χ0) is 16.2. The molecule has 1 fully saturated rings. The van der Waals surface area contributed by atoms with Crippen LogP contribution in [0.5, 0.6) is 0 Å². The van der Waals surface area contributed by atoms with Crippen molar-refractivity contribution in [1.82, 2.24) is 14.5 Å². The Morgan fingerprint density at radius 3 is 2.32 bits per heavy atom. The van der Waals surface area contributed by atoms with Crippen molar-refractivity contribution in [3.05, 3.63) is 35.9 Å². The summed E-state index contributed by atoms with van der Waals surface area (Å²) in [6.45, 7) is 6.29. The molecule has 1 heterocycles. The summed E-state index contributed by atoms with van der Waals surface area (Å²) >= 11 is 5.33. The molecule has 2 rings (SSSR count). The van der Waals surface area contributed by atoms with Crippen molar-refractivity contribution < 1.29 is 8.42 Å². The van der Waals surface area contributed by atoms with Crippen LogP contribution >= 0.6 is 12.2 Å². The minimum atomic E-state index is -3.27. The minimum absolute atomic E-state index is 0.0581. The third-order valence-electron chi connectivity index (χ3n) is 3.52. The number of benzene rings is 1. The van der Waals surface area contributed by atoms with Gasteiger partial charge >= 0.3 is 0 Å². The molecule has 0 radical (unpaired) electrons. The van der Waals surface area contributed by atoms with E-state index in [2.05, 4.69) is 5.32 Å². The second-order valence-electron chi connectivity index (χ2n) is 5.73. The predicted octanol–water partition coefficient (Wildman–Crippen LogP) is 1.42. The molecule has 7 heteroatoms. The van der Waals surface area contributed by atoms with Crippen molar-refractivity contribution in [2.45, 2.75) is 25.6 Å². The van der Waals surface area contributed by atoms with Gasteiger partial charge in [0.25, 0.3) is 0 Å². The van der Waals surface area contributed by atoms with Gasteiger partial charge < -0.3 is 10.2 Å². The monoisotopic (exact) mass is 341 g/mol. The standard InChI is InChI=1S/C15H23N3O2S2/c1-13(2)16-15(21)17-8-10-18(11-9-17)22(19,20)12-14-6-4-3-5-7-14/h3-7,13H,8-12H2,1-2H3,(H,16,21). The van der Waals surface area contributed by atoms with E-state index in [0.717, 1.165) is 5.56 Å². The van der Waals surface area contributed by atoms with Gasteiger partial charge in [0, 0.05) is 32.2 Å². The van der Waals surface area contributed by atoms with Crippen LogP contribution in [0.2, 0.25) is 0 Å². The zero-order valence-electron chi connectivity index (χ0n) is 13.0. The van der Waals surface area contributed by atoms with E-state index in [4.69, 9.17) is 12.2 Å². The predicted molar refractivity (Wildman–Crippen MR) is 93.1 cm³/mol. The fourth-order valence-corrected chi connectivity index (χ4v) is 4.32. The van der Waals surface area contributed by atoms with Crippen LogP contribution in [-0.2, 0) is 15.8 Å². The summed E-state index contributed by atoms with van der Waals surface area (Å²) in [5.41, 5.74) is 0.821. The Kier molecular flexibility index (Phi) is 5.77. The Bertz CT molecular complexity index is 594. The first-order chi connectivity index (χ1) is 10.4. The highest BCUT2D eigenvalue weighted by molar-refractivity contribution is 7.88. The van der Waals surface area contributed by atoms with Crippen molar-refractivity contribution in [3.8, 4) is 0 Å². The number of piperazine rings is 1. The van der Waals surface area contributed by atoms with Crippen LogP contribution in [0.15, 0.2) is 30.3 Å². The van der Waals surface area contributed by atoms with E-state index in [1.165, 1.54) is 0 Å². The van der Waals surface area contributed by atoms with Crippen molar-refractivity contribution in [2.24, 2.45) is 0 Å². The number of hydrogen-bond acceptors (Lipinski definition) is 3. The third-order valence-corrected chi connectivity index (χ3v) is 5.75. The third kappa shape index (κ3) is 4.66. The molecule has 0 amide bonds. The lowest BCUT2D eigenvalue weighted by Gasteiger charge is -2.36. The molecule has 1 aromatic rings. The highest BCUT2D eigenvalue weighted by Crippen LogP contribution is 2.13. The molecule has 0 bridgehead atoms. The molecule has 1 N–H and O–H groups in total. The Hall–Kier alpha value is -1.18. The van der Waals surface area contributed by atoms with Crippen LogP contribution in [0.1, 0.15) is 19.4 Å². The highest BCUT2D eigenvalue weighted by atomic mass is 32.2. The fraction of sp³-hybridized carbons (Fsp3) is 0.533. The Balaban J connectivity index is 1.92. The lowest BCUT2D eigenvalue weighted by Crippen LogP contribution is -2.54. The molecule has 0 spiro atoms. The van der Waals surface area contributed by atoms with Gasteiger partial charge in [-0.1, -0.05) is 30.3 Å². The molecule has 1 aromatic carbocycles. The number of hydrogen-bond donors (Lipinski definition) is 1. The molecule has 0 aromatic heterocycles. The summed E-state index contributed by atoms with van der Waals surface area (Å²) in [5.74, 6) is 0.0581. The van der Waals surface area contributed by atoms with Gasteiger partial charge in [-0.05, 0) is 31.6 Å². The summed E-state index contributed by atoms with van der Waals surface area (Å²) < 4.78 is 26.5. The van der Waals surface area contributed by atoms with Crippen molar-refractivity contribution in [3.63, 3.8) is 0 Å². The molecule has 1 saturated heterocycles. The van der Waals surface area contributed by atoms with Crippen molar-refractivity contribution in [2.75, 3.05) is 26.2 Å². The molecule has 22 heavy (non-hydrogen) atoms. The van der Waals surface area contributed by atoms with Gasteiger partial charge in [0.2, 0.25) is 10.0 Å². The summed E-state index contributed by atoms with van der Waals surface area (Å²) in [6.07, 6.45) is 0. The smallest absolute Gasteiger partial charge is 0.218 e. The number of rotatable bonds is 4. The van der Waals surface area contributed by atoms with E-state index in [1.807, 2.05) is 49.1 Å². The van der Waals surface area contributed by atoms with E-state index in [0.29, 0.717) is 31.3 Å². The van der Waals surface area contributed by atoms with Crippen LogP contribution in [0, 0.1) is 0 Å². The lowest BCUT2D eigenvalue weighted by molar-refractivity contribution is 0.262. The molecule has 1 aliphatic heterocycles. The highest BCUT2D eigenvalue weighted by Gasteiger charge is 2.27. The van der Waals surface area contributed by atoms with Gasteiger partial charge in [0.1, 0.15) is 0 Å².